The molecule has 0 atom stereocenters. The molecule has 0 amide bonds. The van der Waals surface area contributed by atoms with Crippen LogP contribution in [0.3, 0.4) is 0 Å². The van der Waals surface area contributed by atoms with E-state index in [1.54, 1.807) is 17.7 Å². The van der Waals surface area contributed by atoms with Crippen molar-refractivity contribution in [2.45, 2.75) is 19.5 Å². The number of pyridine rings is 1. The number of aromatic nitrogens is 1. The van der Waals surface area contributed by atoms with E-state index in [-0.39, 0.29) is 5.56 Å². The number of fused-ring (bicyclic) bond motifs is 1. The standard InChI is InChI=1S/C16H18N2O/c1-17-8-6-13(10-16(17)19)11-18-9-7-14-4-2-3-5-15(14)12-18/h2-6,8,10H,7,9,11-12H2,1H3. The van der Waals surface area contributed by atoms with Crippen molar-refractivity contribution in [2.75, 3.05) is 6.54 Å². The third-order valence-corrected chi connectivity index (χ3v) is 3.78. The van der Waals surface area contributed by atoms with Crippen LogP contribution in [-0.4, -0.2) is 16.0 Å². The molecular weight excluding hydrogens is 236 g/mol. The zero-order valence-corrected chi connectivity index (χ0v) is 11.2. The van der Waals surface area contributed by atoms with Gasteiger partial charge < -0.3 is 4.57 Å². The first-order valence-corrected chi connectivity index (χ1v) is 6.67. The minimum Gasteiger partial charge on any atom is -0.319 e. The maximum Gasteiger partial charge on any atom is 0.250 e. The molecule has 1 aromatic carbocycles. The van der Waals surface area contributed by atoms with Crippen molar-refractivity contribution in [1.82, 2.24) is 9.47 Å². The van der Waals surface area contributed by atoms with Crippen molar-refractivity contribution >= 4 is 0 Å². The molecule has 2 heterocycles. The van der Waals surface area contributed by atoms with Gasteiger partial charge >= 0.3 is 0 Å². The van der Waals surface area contributed by atoms with E-state index in [9.17, 15) is 4.79 Å². The third kappa shape index (κ3) is 2.61. The Morgan fingerprint density at radius 2 is 1.95 bits per heavy atom. The second kappa shape index (κ2) is 5.02. The van der Waals surface area contributed by atoms with Crippen LogP contribution < -0.4 is 5.56 Å². The van der Waals surface area contributed by atoms with Gasteiger partial charge in [-0.15, -0.1) is 0 Å². The molecule has 0 spiro atoms. The second-order valence-electron chi connectivity index (χ2n) is 5.21. The highest BCUT2D eigenvalue weighted by Gasteiger charge is 2.15. The van der Waals surface area contributed by atoms with Gasteiger partial charge in [-0.25, -0.2) is 0 Å². The molecule has 2 aromatic rings. The molecule has 19 heavy (non-hydrogen) atoms. The summed E-state index contributed by atoms with van der Waals surface area (Å²) >= 11 is 0. The SMILES string of the molecule is Cn1ccc(CN2CCc3ccccc3C2)cc1=O. The average Bonchev–Trinajstić information content (AvgIpc) is 2.43. The van der Waals surface area contributed by atoms with E-state index in [0.29, 0.717) is 0 Å². The molecule has 0 fully saturated rings. The summed E-state index contributed by atoms with van der Waals surface area (Å²) < 4.78 is 1.61. The summed E-state index contributed by atoms with van der Waals surface area (Å²) in [4.78, 5) is 14.0. The number of rotatable bonds is 2. The van der Waals surface area contributed by atoms with E-state index in [2.05, 4.69) is 29.2 Å². The molecule has 1 aliphatic heterocycles. The average molecular weight is 254 g/mol. The van der Waals surface area contributed by atoms with E-state index >= 15 is 0 Å². The van der Waals surface area contributed by atoms with Crippen LogP contribution in [0.4, 0.5) is 0 Å². The number of aryl methyl sites for hydroxylation is 1. The van der Waals surface area contributed by atoms with Crippen LogP contribution in [0.1, 0.15) is 16.7 Å². The summed E-state index contributed by atoms with van der Waals surface area (Å²) in [5, 5.41) is 0. The smallest absolute Gasteiger partial charge is 0.250 e. The summed E-state index contributed by atoms with van der Waals surface area (Å²) in [6, 6.07) is 12.4. The highest BCUT2D eigenvalue weighted by molar-refractivity contribution is 5.29. The largest absolute Gasteiger partial charge is 0.319 e. The summed E-state index contributed by atoms with van der Waals surface area (Å²) in [5.74, 6) is 0. The van der Waals surface area contributed by atoms with Gasteiger partial charge in [-0.3, -0.25) is 9.69 Å². The van der Waals surface area contributed by atoms with Crippen LogP contribution in [0, 0.1) is 0 Å². The lowest BCUT2D eigenvalue weighted by Gasteiger charge is -2.28. The second-order valence-corrected chi connectivity index (χ2v) is 5.21. The first-order chi connectivity index (χ1) is 9.22. The monoisotopic (exact) mass is 254 g/mol. The summed E-state index contributed by atoms with van der Waals surface area (Å²) in [5.41, 5.74) is 4.04. The van der Waals surface area contributed by atoms with Gasteiger partial charge in [0.1, 0.15) is 0 Å². The topological polar surface area (TPSA) is 25.2 Å². The number of benzene rings is 1. The molecule has 0 radical (unpaired) electrons. The zero-order valence-electron chi connectivity index (χ0n) is 11.2. The molecule has 0 bridgehead atoms. The number of nitrogens with zero attached hydrogens (tertiary/aromatic N) is 2. The molecule has 0 saturated heterocycles. The maximum absolute atomic E-state index is 11.6. The van der Waals surface area contributed by atoms with Gasteiger partial charge in [0.25, 0.3) is 5.56 Å². The minimum atomic E-state index is 0.0647. The Morgan fingerprint density at radius 3 is 2.74 bits per heavy atom. The van der Waals surface area contributed by atoms with Gasteiger partial charge in [0.15, 0.2) is 0 Å². The maximum atomic E-state index is 11.6. The van der Waals surface area contributed by atoms with Gasteiger partial charge in [-0.05, 0) is 29.2 Å². The van der Waals surface area contributed by atoms with Crippen molar-refractivity contribution < 1.29 is 0 Å². The lowest BCUT2D eigenvalue weighted by atomic mass is 9.99. The van der Waals surface area contributed by atoms with E-state index in [1.165, 1.54) is 11.1 Å². The molecule has 0 N–H and O–H groups in total. The number of hydrogen-bond acceptors (Lipinski definition) is 2. The molecule has 3 nitrogen and oxygen atoms in total. The molecular formula is C16H18N2O. The fourth-order valence-corrected chi connectivity index (χ4v) is 2.64. The van der Waals surface area contributed by atoms with Crippen molar-refractivity contribution in [1.29, 1.82) is 0 Å². The van der Waals surface area contributed by atoms with Crippen molar-refractivity contribution in [3.05, 3.63) is 69.6 Å². The Balaban J connectivity index is 1.75. The highest BCUT2D eigenvalue weighted by atomic mass is 16.1. The molecule has 1 aromatic heterocycles. The van der Waals surface area contributed by atoms with Gasteiger partial charge in [0.2, 0.25) is 0 Å². The van der Waals surface area contributed by atoms with E-state index in [1.807, 2.05) is 12.3 Å². The Bertz CT molecular complexity index is 645. The molecule has 0 saturated carbocycles. The van der Waals surface area contributed by atoms with E-state index < -0.39 is 0 Å². The molecule has 0 aliphatic carbocycles. The third-order valence-electron chi connectivity index (χ3n) is 3.78. The fraction of sp³-hybridized carbons (Fsp3) is 0.312. The Labute approximate surface area is 113 Å². The van der Waals surface area contributed by atoms with Crippen LogP contribution in [0.15, 0.2) is 47.4 Å². The summed E-state index contributed by atoms with van der Waals surface area (Å²) in [6.45, 7) is 2.89. The van der Waals surface area contributed by atoms with Gasteiger partial charge in [-0.2, -0.15) is 0 Å². The highest BCUT2D eigenvalue weighted by Crippen LogP contribution is 2.19. The van der Waals surface area contributed by atoms with Gasteiger partial charge in [0.05, 0.1) is 0 Å². The van der Waals surface area contributed by atoms with E-state index in [4.69, 9.17) is 0 Å². The van der Waals surface area contributed by atoms with Crippen LogP contribution >= 0.6 is 0 Å². The molecule has 3 rings (SSSR count). The van der Waals surface area contributed by atoms with Gasteiger partial charge in [-0.1, -0.05) is 24.3 Å². The predicted octanol–water partition coefficient (Wildman–Crippen LogP) is 1.94. The fourth-order valence-electron chi connectivity index (χ4n) is 2.64. The van der Waals surface area contributed by atoms with Crippen molar-refractivity contribution in [3.63, 3.8) is 0 Å². The van der Waals surface area contributed by atoms with Crippen LogP contribution in [0.2, 0.25) is 0 Å². The Morgan fingerprint density at radius 1 is 1.16 bits per heavy atom. The van der Waals surface area contributed by atoms with Crippen LogP contribution in [0.25, 0.3) is 0 Å². The Kier molecular flexibility index (Phi) is 3.22. The van der Waals surface area contributed by atoms with Crippen LogP contribution in [-0.2, 0) is 26.6 Å². The molecule has 1 aliphatic rings. The van der Waals surface area contributed by atoms with Gasteiger partial charge in [0, 0.05) is 38.9 Å². The van der Waals surface area contributed by atoms with Crippen molar-refractivity contribution in [2.24, 2.45) is 7.05 Å². The summed E-state index contributed by atoms with van der Waals surface area (Å²) in [7, 11) is 1.78. The lowest BCUT2D eigenvalue weighted by molar-refractivity contribution is 0.245. The molecule has 98 valence electrons. The molecule has 3 heteroatoms. The summed E-state index contributed by atoms with van der Waals surface area (Å²) in [6.07, 6.45) is 2.94. The van der Waals surface area contributed by atoms with E-state index in [0.717, 1.165) is 31.6 Å². The minimum absolute atomic E-state index is 0.0647. The quantitative estimate of drug-likeness (QED) is 0.818. The normalized spacial score (nSPS) is 15.2. The van der Waals surface area contributed by atoms with Crippen molar-refractivity contribution in [3.8, 4) is 0 Å². The number of hydrogen-bond donors (Lipinski definition) is 0. The Hall–Kier alpha value is -1.87. The lowest BCUT2D eigenvalue weighted by Crippen LogP contribution is -2.30. The van der Waals surface area contributed by atoms with Crippen LogP contribution in [0.5, 0.6) is 0 Å². The zero-order chi connectivity index (χ0) is 13.2. The predicted molar refractivity (Wildman–Crippen MR) is 75.9 cm³/mol. The first-order valence-electron chi connectivity index (χ1n) is 6.67. The molecule has 0 unspecified atom stereocenters. The first kappa shape index (κ1) is 12.2.